The van der Waals surface area contributed by atoms with Crippen LogP contribution in [0.2, 0.25) is 0 Å². The molecule has 0 saturated carbocycles. The van der Waals surface area contributed by atoms with Crippen molar-refractivity contribution in [1.82, 2.24) is 4.98 Å². The Balaban J connectivity index is 0.000000196. The van der Waals surface area contributed by atoms with E-state index in [1.165, 1.54) is 36.0 Å². The molecule has 0 atom stereocenters. The molecule has 3 heterocycles. The number of fused-ring (bicyclic) bond motifs is 2. The van der Waals surface area contributed by atoms with Crippen molar-refractivity contribution in [1.29, 1.82) is 0 Å². The number of nitrogens with zero attached hydrogens (tertiary/aromatic N) is 1. The highest BCUT2D eigenvalue weighted by molar-refractivity contribution is 7.17. The summed E-state index contributed by atoms with van der Waals surface area (Å²) in [6.45, 7) is 3.85. The molecule has 0 radical (unpaired) electrons. The second-order valence-electron chi connectivity index (χ2n) is 6.93. The summed E-state index contributed by atoms with van der Waals surface area (Å²) < 4.78 is 15.4. The molecule has 0 amide bonds. The van der Waals surface area contributed by atoms with Crippen molar-refractivity contribution in [2.75, 3.05) is 6.61 Å². The van der Waals surface area contributed by atoms with Crippen molar-refractivity contribution < 1.29 is 18.4 Å². The SMILES string of the molecule is CCOC(=O)c1sc(-c2ccc3occc(=O)c3c2)nc1C.O=c1ccoc2ccccc12. The standard InChI is InChI=1S/C16H13NO4S.C9H6O2/c1-3-20-16(19)14-9(2)17-15(22-14)10-4-5-13-11(8-10)12(18)6-7-21-13;10-8-5-6-11-9-4-2-1-3-7(8)9/h4-8H,3H2,1-2H3;1-6H. The topological polar surface area (TPSA) is 99.6 Å². The molecule has 0 N–H and O–H groups in total. The van der Waals surface area contributed by atoms with Gasteiger partial charge in [0, 0.05) is 17.7 Å². The van der Waals surface area contributed by atoms with Crippen molar-refractivity contribution >= 4 is 39.2 Å². The molecule has 0 aliphatic rings. The molecule has 0 aliphatic carbocycles. The lowest BCUT2D eigenvalue weighted by molar-refractivity contribution is 0.0531. The van der Waals surface area contributed by atoms with Crippen LogP contribution in [0.1, 0.15) is 22.3 Å². The lowest BCUT2D eigenvalue weighted by Crippen LogP contribution is -2.03. The Morgan fingerprint density at radius 2 is 1.61 bits per heavy atom. The number of hydrogen-bond donors (Lipinski definition) is 0. The molecule has 33 heavy (non-hydrogen) atoms. The number of aromatic nitrogens is 1. The maximum atomic E-state index is 11.9. The number of carbonyl (C=O) groups excluding carboxylic acids is 1. The van der Waals surface area contributed by atoms with Gasteiger partial charge in [0.05, 0.1) is 35.6 Å². The summed E-state index contributed by atoms with van der Waals surface area (Å²) in [4.78, 5) is 39.7. The zero-order valence-electron chi connectivity index (χ0n) is 17.9. The third kappa shape index (κ3) is 4.75. The smallest absolute Gasteiger partial charge is 0.350 e. The summed E-state index contributed by atoms with van der Waals surface area (Å²) in [6, 6.07) is 15.3. The van der Waals surface area contributed by atoms with Crippen LogP contribution in [-0.2, 0) is 4.74 Å². The number of rotatable bonds is 3. The molecule has 7 nitrogen and oxygen atoms in total. The van der Waals surface area contributed by atoms with Gasteiger partial charge in [-0.1, -0.05) is 12.1 Å². The van der Waals surface area contributed by atoms with Crippen molar-refractivity contribution in [2.24, 2.45) is 0 Å². The molecule has 8 heteroatoms. The van der Waals surface area contributed by atoms with E-state index in [1.807, 2.05) is 18.2 Å². The molecule has 0 spiro atoms. The first-order valence-corrected chi connectivity index (χ1v) is 10.9. The van der Waals surface area contributed by atoms with Crippen molar-refractivity contribution in [3.05, 3.63) is 98.1 Å². The maximum absolute atomic E-state index is 11.9. The third-order valence-corrected chi connectivity index (χ3v) is 5.92. The van der Waals surface area contributed by atoms with Gasteiger partial charge in [-0.25, -0.2) is 9.78 Å². The van der Waals surface area contributed by atoms with Crippen LogP contribution in [0.4, 0.5) is 0 Å². The lowest BCUT2D eigenvalue weighted by Gasteiger charge is -1.99. The first kappa shape index (κ1) is 22.2. The summed E-state index contributed by atoms with van der Waals surface area (Å²) in [5.74, 6) is -0.371. The van der Waals surface area contributed by atoms with Crippen LogP contribution < -0.4 is 10.9 Å². The fourth-order valence-corrected chi connectivity index (χ4v) is 4.11. The van der Waals surface area contributed by atoms with E-state index in [-0.39, 0.29) is 16.8 Å². The summed E-state index contributed by atoms with van der Waals surface area (Å²) in [7, 11) is 0. The monoisotopic (exact) mass is 461 g/mol. The molecule has 0 saturated heterocycles. The number of para-hydroxylation sites is 1. The normalized spacial score (nSPS) is 10.6. The number of thiazole rings is 1. The van der Waals surface area contributed by atoms with Crippen molar-refractivity contribution in [3.63, 3.8) is 0 Å². The van der Waals surface area contributed by atoms with E-state index < -0.39 is 0 Å². The minimum Gasteiger partial charge on any atom is -0.464 e. The Kier molecular flexibility index (Phi) is 6.46. The first-order chi connectivity index (χ1) is 16.0. The van der Waals surface area contributed by atoms with Crippen LogP contribution in [0.3, 0.4) is 0 Å². The zero-order chi connectivity index (χ0) is 23.4. The molecule has 0 unspecified atom stereocenters. The van der Waals surface area contributed by atoms with Crippen LogP contribution in [0.25, 0.3) is 32.5 Å². The van der Waals surface area contributed by atoms with Gasteiger partial charge in [-0.3, -0.25) is 9.59 Å². The second-order valence-corrected chi connectivity index (χ2v) is 7.93. The summed E-state index contributed by atoms with van der Waals surface area (Å²) in [5.41, 5.74) is 2.46. The van der Waals surface area contributed by atoms with Crippen LogP contribution >= 0.6 is 11.3 Å². The third-order valence-electron chi connectivity index (χ3n) is 4.73. The molecular weight excluding hydrogens is 442 g/mol. The number of benzene rings is 2. The number of aryl methyl sites for hydroxylation is 1. The van der Waals surface area contributed by atoms with E-state index in [1.54, 1.807) is 38.1 Å². The van der Waals surface area contributed by atoms with Gasteiger partial charge in [0.15, 0.2) is 10.9 Å². The first-order valence-electron chi connectivity index (χ1n) is 10.1. The van der Waals surface area contributed by atoms with Crippen molar-refractivity contribution in [3.8, 4) is 10.6 Å². The van der Waals surface area contributed by atoms with Crippen LogP contribution in [-0.4, -0.2) is 17.6 Å². The average Bonchev–Trinajstić information content (AvgIpc) is 3.22. The number of carbonyl (C=O) groups is 1. The molecule has 3 aromatic heterocycles. The number of esters is 1. The Hall–Kier alpha value is -4.04. The van der Waals surface area contributed by atoms with E-state index in [2.05, 4.69) is 4.98 Å². The van der Waals surface area contributed by atoms with Gasteiger partial charge in [0.1, 0.15) is 21.1 Å². The molecule has 5 aromatic rings. The fourth-order valence-electron chi connectivity index (χ4n) is 3.16. The van der Waals surface area contributed by atoms with Crippen LogP contribution in [0.15, 0.2) is 85.5 Å². The summed E-state index contributed by atoms with van der Waals surface area (Å²) in [6.07, 6.45) is 2.78. The molecule has 2 aromatic carbocycles. The van der Waals surface area contributed by atoms with Crippen molar-refractivity contribution in [2.45, 2.75) is 13.8 Å². The summed E-state index contributed by atoms with van der Waals surface area (Å²) in [5, 5.41) is 1.80. The highest BCUT2D eigenvalue weighted by Gasteiger charge is 2.17. The van der Waals surface area contributed by atoms with Gasteiger partial charge in [-0.15, -0.1) is 11.3 Å². The molecule has 0 bridgehead atoms. The van der Waals surface area contributed by atoms with E-state index in [4.69, 9.17) is 13.6 Å². The van der Waals surface area contributed by atoms with Gasteiger partial charge in [0.2, 0.25) is 0 Å². The highest BCUT2D eigenvalue weighted by Crippen LogP contribution is 2.30. The van der Waals surface area contributed by atoms with Gasteiger partial charge in [-0.2, -0.15) is 0 Å². The quantitative estimate of drug-likeness (QED) is 0.341. The minimum absolute atomic E-state index is 0.00634. The predicted octanol–water partition coefficient (Wildman–Crippen LogP) is 5.19. The van der Waals surface area contributed by atoms with Gasteiger partial charge < -0.3 is 13.6 Å². The molecular formula is C25H19NO6S. The Morgan fingerprint density at radius 3 is 2.30 bits per heavy atom. The van der Waals surface area contributed by atoms with Crippen LogP contribution in [0.5, 0.6) is 0 Å². The fraction of sp³-hybridized carbons (Fsp3) is 0.120. The van der Waals surface area contributed by atoms with E-state index >= 15 is 0 Å². The minimum atomic E-state index is -0.371. The van der Waals surface area contributed by atoms with E-state index in [9.17, 15) is 14.4 Å². The zero-order valence-corrected chi connectivity index (χ0v) is 18.7. The number of hydrogen-bond acceptors (Lipinski definition) is 8. The van der Waals surface area contributed by atoms with Gasteiger partial charge in [-0.05, 0) is 44.2 Å². The Bertz CT molecular complexity index is 1560. The summed E-state index contributed by atoms with van der Waals surface area (Å²) >= 11 is 1.26. The average molecular weight is 461 g/mol. The van der Waals surface area contributed by atoms with Gasteiger partial charge in [0.25, 0.3) is 0 Å². The predicted molar refractivity (Wildman–Crippen MR) is 127 cm³/mol. The largest absolute Gasteiger partial charge is 0.464 e. The van der Waals surface area contributed by atoms with Gasteiger partial charge >= 0.3 is 5.97 Å². The Labute approximate surface area is 191 Å². The molecule has 0 aliphatic heterocycles. The van der Waals surface area contributed by atoms with Crippen LogP contribution in [0, 0.1) is 6.92 Å². The molecule has 0 fully saturated rings. The Morgan fingerprint density at radius 1 is 0.939 bits per heavy atom. The molecule has 5 rings (SSSR count). The van der Waals surface area contributed by atoms with E-state index in [0.29, 0.717) is 44.1 Å². The highest BCUT2D eigenvalue weighted by atomic mass is 32.1. The number of ether oxygens (including phenoxy) is 1. The second kappa shape index (κ2) is 9.62. The molecule has 166 valence electrons. The van der Waals surface area contributed by atoms with E-state index in [0.717, 1.165) is 5.56 Å². The maximum Gasteiger partial charge on any atom is 0.350 e. The lowest BCUT2D eigenvalue weighted by atomic mass is 10.1.